The number of halogens is 1. The van der Waals surface area contributed by atoms with Crippen molar-refractivity contribution in [2.75, 3.05) is 13.1 Å². The summed E-state index contributed by atoms with van der Waals surface area (Å²) in [5, 5.41) is 3.37. The van der Waals surface area contributed by atoms with Gasteiger partial charge in [-0.2, -0.15) is 0 Å². The second kappa shape index (κ2) is 8.22. The maximum absolute atomic E-state index is 12.8. The summed E-state index contributed by atoms with van der Waals surface area (Å²) in [6.07, 6.45) is 1.74. The maximum atomic E-state index is 12.8. The molecule has 2 aromatic heterocycles. The summed E-state index contributed by atoms with van der Waals surface area (Å²) in [4.78, 5) is 29.8. The number of fused-ring (bicyclic) bond motifs is 1. The Labute approximate surface area is 165 Å². The summed E-state index contributed by atoms with van der Waals surface area (Å²) in [5.74, 6) is 0.798. The number of rotatable bonds is 7. The number of benzene rings is 1. The highest BCUT2D eigenvalue weighted by Gasteiger charge is 2.19. The monoisotopic (exact) mass is 433 g/mol. The van der Waals surface area contributed by atoms with Crippen LogP contribution in [0.5, 0.6) is 0 Å². The minimum atomic E-state index is -0.365. The molecular formula is C19H24BrN5O2. The third-order valence-corrected chi connectivity index (χ3v) is 5.10. The lowest BCUT2D eigenvalue weighted by Crippen LogP contribution is -2.37. The average Bonchev–Trinajstić information content (AvgIpc) is 3.00. The summed E-state index contributed by atoms with van der Waals surface area (Å²) >= 11 is 3.49. The Morgan fingerprint density at radius 1 is 1.15 bits per heavy atom. The van der Waals surface area contributed by atoms with E-state index in [1.165, 1.54) is 11.6 Å². The number of imidazole rings is 1. The number of hydrogen-bond donors (Lipinski definition) is 1. The van der Waals surface area contributed by atoms with Crippen molar-refractivity contribution in [2.45, 2.75) is 26.3 Å². The molecule has 3 rings (SSSR count). The van der Waals surface area contributed by atoms with Crippen molar-refractivity contribution < 1.29 is 0 Å². The van der Waals surface area contributed by atoms with Crippen LogP contribution in [0, 0.1) is 0 Å². The second-order valence-corrected chi connectivity index (χ2v) is 7.54. The molecule has 0 fully saturated rings. The van der Waals surface area contributed by atoms with Crippen LogP contribution in [-0.2, 0) is 27.1 Å². The van der Waals surface area contributed by atoms with Crippen LogP contribution in [0.2, 0.25) is 0 Å². The molecule has 0 saturated carbocycles. The summed E-state index contributed by atoms with van der Waals surface area (Å²) in [5.41, 5.74) is 1.27. The SMILES string of the molecule is CCCNCCc1nc2c(c(=O)n(C)c(=O)n2C)n1Cc1cccc(Br)c1. The van der Waals surface area contributed by atoms with Crippen LogP contribution in [-0.4, -0.2) is 31.8 Å². The third-order valence-electron chi connectivity index (χ3n) is 4.61. The van der Waals surface area contributed by atoms with E-state index in [1.54, 1.807) is 7.05 Å². The first-order valence-corrected chi connectivity index (χ1v) is 9.83. The third kappa shape index (κ3) is 3.91. The summed E-state index contributed by atoms with van der Waals surface area (Å²) < 4.78 is 5.50. The topological polar surface area (TPSA) is 73.8 Å². The van der Waals surface area contributed by atoms with Crippen LogP contribution in [0.3, 0.4) is 0 Å². The minimum absolute atomic E-state index is 0.316. The molecule has 3 aromatic rings. The zero-order valence-corrected chi connectivity index (χ0v) is 17.4. The first kappa shape index (κ1) is 19.6. The van der Waals surface area contributed by atoms with Crippen molar-refractivity contribution >= 4 is 27.1 Å². The summed E-state index contributed by atoms with van der Waals surface area (Å²) in [6.45, 7) is 4.34. The van der Waals surface area contributed by atoms with E-state index in [9.17, 15) is 9.59 Å². The van der Waals surface area contributed by atoms with Crippen molar-refractivity contribution in [1.29, 1.82) is 0 Å². The fourth-order valence-electron chi connectivity index (χ4n) is 3.17. The van der Waals surface area contributed by atoms with E-state index in [-0.39, 0.29) is 11.2 Å². The first-order valence-electron chi connectivity index (χ1n) is 9.04. The Balaban J connectivity index is 2.14. The number of aryl methyl sites for hydroxylation is 1. The first-order chi connectivity index (χ1) is 12.9. The van der Waals surface area contributed by atoms with E-state index in [0.717, 1.165) is 39.9 Å². The van der Waals surface area contributed by atoms with Gasteiger partial charge in [-0.05, 0) is 30.7 Å². The molecule has 0 atom stereocenters. The van der Waals surface area contributed by atoms with E-state index in [1.807, 2.05) is 28.8 Å². The van der Waals surface area contributed by atoms with Gasteiger partial charge in [-0.15, -0.1) is 0 Å². The molecule has 1 N–H and O–H groups in total. The van der Waals surface area contributed by atoms with Gasteiger partial charge in [0.15, 0.2) is 11.2 Å². The maximum Gasteiger partial charge on any atom is 0.332 e. The molecular weight excluding hydrogens is 410 g/mol. The molecule has 0 unspecified atom stereocenters. The molecule has 2 heterocycles. The second-order valence-electron chi connectivity index (χ2n) is 6.62. The predicted molar refractivity (Wildman–Crippen MR) is 110 cm³/mol. The molecule has 0 aliphatic carbocycles. The normalized spacial score (nSPS) is 11.4. The lowest BCUT2D eigenvalue weighted by molar-refractivity contribution is 0.637. The molecule has 0 spiro atoms. The smallest absolute Gasteiger partial charge is 0.318 e. The highest BCUT2D eigenvalue weighted by Crippen LogP contribution is 2.17. The zero-order valence-electron chi connectivity index (χ0n) is 15.8. The largest absolute Gasteiger partial charge is 0.332 e. The molecule has 1 aromatic carbocycles. The van der Waals surface area contributed by atoms with Crippen molar-refractivity contribution in [2.24, 2.45) is 14.1 Å². The van der Waals surface area contributed by atoms with Crippen LogP contribution >= 0.6 is 15.9 Å². The van der Waals surface area contributed by atoms with Gasteiger partial charge in [0.2, 0.25) is 0 Å². The minimum Gasteiger partial charge on any atom is -0.318 e. The molecule has 7 nitrogen and oxygen atoms in total. The summed E-state index contributed by atoms with van der Waals surface area (Å²) in [7, 11) is 3.16. The van der Waals surface area contributed by atoms with Crippen molar-refractivity contribution in [3.63, 3.8) is 0 Å². The zero-order chi connectivity index (χ0) is 19.6. The van der Waals surface area contributed by atoms with Gasteiger partial charge in [0.05, 0.1) is 0 Å². The molecule has 0 radical (unpaired) electrons. The van der Waals surface area contributed by atoms with Gasteiger partial charge < -0.3 is 9.88 Å². The summed E-state index contributed by atoms with van der Waals surface area (Å²) in [6, 6.07) is 7.97. The Kier molecular flexibility index (Phi) is 5.96. The predicted octanol–water partition coefficient (Wildman–Crippen LogP) is 1.79. The average molecular weight is 434 g/mol. The van der Waals surface area contributed by atoms with Gasteiger partial charge in [0, 0.05) is 38.1 Å². The number of nitrogens with zero attached hydrogens (tertiary/aromatic N) is 4. The van der Waals surface area contributed by atoms with Gasteiger partial charge in [0.1, 0.15) is 5.82 Å². The number of hydrogen-bond acceptors (Lipinski definition) is 4. The Hall–Kier alpha value is -2.19. The van der Waals surface area contributed by atoms with E-state index in [4.69, 9.17) is 0 Å². The Morgan fingerprint density at radius 3 is 2.63 bits per heavy atom. The highest BCUT2D eigenvalue weighted by atomic mass is 79.9. The molecule has 0 amide bonds. The molecule has 144 valence electrons. The molecule has 0 aliphatic rings. The standard InChI is InChI=1S/C19H24BrN5O2/c1-4-9-21-10-8-15-22-17-16(18(26)24(3)19(27)23(17)2)25(15)12-13-6-5-7-14(20)11-13/h5-7,11,21H,4,8-10,12H2,1-3H3. The van der Waals surface area contributed by atoms with Gasteiger partial charge in [-0.25, -0.2) is 9.78 Å². The molecule has 8 heteroatoms. The Bertz CT molecular complexity index is 1080. The van der Waals surface area contributed by atoms with Crippen molar-refractivity contribution in [3.05, 3.63) is 61.0 Å². The van der Waals surface area contributed by atoms with E-state index < -0.39 is 0 Å². The van der Waals surface area contributed by atoms with Gasteiger partial charge in [-0.1, -0.05) is 35.0 Å². The quantitative estimate of drug-likeness (QED) is 0.576. The van der Waals surface area contributed by atoms with Gasteiger partial charge in [-0.3, -0.25) is 13.9 Å². The van der Waals surface area contributed by atoms with Crippen LogP contribution in [0.4, 0.5) is 0 Å². The van der Waals surface area contributed by atoms with Gasteiger partial charge >= 0.3 is 5.69 Å². The molecule has 0 bridgehead atoms. The highest BCUT2D eigenvalue weighted by molar-refractivity contribution is 9.10. The Morgan fingerprint density at radius 2 is 1.93 bits per heavy atom. The lowest BCUT2D eigenvalue weighted by atomic mass is 10.2. The fraction of sp³-hybridized carbons (Fsp3) is 0.421. The van der Waals surface area contributed by atoms with Crippen LogP contribution in [0.15, 0.2) is 38.3 Å². The van der Waals surface area contributed by atoms with Crippen LogP contribution in [0.1, 0.15) is 24.7 Å². The number of aromatic nitrogens is 4. The van der Waals surface area contributed by atoms with Crippen LogP contribution in [0.25, 0.3) is 11.2 Å². The number of nitrogens with one attached hydrogen (secondary N) is 1. The molecule has 0 saturated heterocycles. The van der Waals surface area contributed by atoms with E-state index in [0.29, 0.717) is 24.1 Å². The molecule has 0 aliphatic heterocycles. The van der Waals surface area contributed by atoms with Gasteiger partial charge in [0.25, 0.3) is 5.56 Å². The van der Waals surface area contributed by atoms with Crippen LogP contribution < -0.4 is 16.6 Å². The van der Waals surface area contributed by atoms with Crippen molar-refractivity contribution in [3.8, 4) is 0 Å². The molecule has 27 heavy (non-hydrogen) atoms. The lowest BCUT2D eigenvalue weighted by Gasteiger charge is -2.10. The van der Waals surface area contributed by atoms with E-state index >= 15 is 0 Å². The fourth-order valence-corrected chi connectivity index (χ4v) is 3.62. The van der Waals surface area contributed by atoms with Crippen molar-refractivity contribution in [1.82, 2.24) is 24.0 Å². The van der Waals surface area contributed by atoms with E-state index in [2.05, 4.69) is 33.2 Å².